The third-order valence-corrected chi connectivity index (χ3v) is 8.65. The summed E-state index contributed by atoms with van der Waals surface area (Å²) in [4.78, 5) is 0. The average Bonchev–Trinajstić information content (AvgIpc) is 2.52. The van der Waals surface area contributed by atoms with Gasteiger partial charge in [0.15, 0.2) is 0 Å². The average molecular weight is 471 g/mol. The Morgan fingerprint density at radius 2 is 0.758 bits per heavy atom. The van der Waals surface area contributed by atoms with Crippen LogP contribution in [0.25, 0.3) is 0 Å². The van der Waals surface area contributed by atoms with Crippen molar-refractivity contribution >= 4 is 0 Å². The van der Waals surface area contributed by atoms with Crippen LogP contribution >= 0.6 is 0 Å². The molecule has 0 aromatic carbocycles. The molecule has 1 heteroatoms. The van der Waals surface area contributed by atoms with Crippen molar-refractivity contribution in [2.45, 2.75) is 169 Å². The minimum Gasteiger partial charge on any atom is -0.390 e. The van der Waals surface area contributed by atoms with E-state index < -0.39 is 5.60 Å². The van der Waals surface area contributed by atoms with E-state index >= 15 is 0 Å². The third kappa shape index (κ3) is 19.9. The zero-order chi connectivity index (χ0) is 27.7. The smallest absolute Gasteiger partial charge is 0.0639 e. The molecule has 1 saturated carbocycles. The molecule has 0 unspecified atom stereocenters. The predicted molar refractivity (Wildman–Crippen MR) is 155 cm³/mol. The summed E-state index contributed by atoms with van der Waals surface area (Å²) in [5.74, 6) is 1.80. The van der Waals surface area contributed by atoms with Gasteiger partial charge in [-0.05, 0) is 65.6 Å². The molecule has 1 N–H and O–H groups in total. The molecule has 0 atom stereocenters. The van der Waals surface area contributed by atoms with Gasteiger partial charge in [0.05, 0.1) is 5.60 Å². The monoisotopic (exact) mass is 471 g/mol. The van der Waals surface area contributed by atoms with Crippen LogP contribution in [-0.2, 0) is 0 Å². The van der Waals surface area contributed by atoms with Gasteiger partial charge in [0.2, 0.25) is 0 Å². The topological polar surface area (TPSA) is 20.2 Å². The van der Waals surface area contributed by atoms with Crippen molar-refractivity contribution in [3.8, 4) is 0 Å². The molecule has 1 rings (SSSR count). The summed E-state index contributed by atoms with van der Waals surface area (Å²) in [7, 11) is 0. The lowest BCUT2D eigenvalue weighted by molar-refractivity contribution is -0.0238. The van der Waals surface area contributed by atoms with E-state index in [0.29, 0.717) is 21.7 Å². The van der Waals surface area contributed by atoms with Crippen LogP contribution in [0, 0.1) is 38.9 Å². The molecule has 1 aliphatic rings. The SMILES string of the molecule is CC(C)(C)C(C)(C)C.CC(C)(C)C(C)(C)O.CC(C)(C)C1CCCCC1.CC(C)C(C)(C)C. The highest BCUT2D eigenvalue weighted by Crippen LogP contribution is 2.37. The summed E-state index contributed by atoms with van der Waals surface area (Å²) >= 11 is 0. The molecule has 1 aliphatic carbocycles. The van der Waals surface area contributed by atoms with Crippen molar-refractivity contribution in [3.63, 3.8) is 0 Å². The van der Waals surface area contributed by atoms with Gasteiger partial charge in [0, 0.05) is 0 Å². The van der Waals surface area contributed by atoms with Crippen LogP contribution in [0.4, 0.5) is 0 Å². The van der Waals surface area contributed by atoms with E-state index in [-0.39, 0.29) is 5.41 Å². The maximum absolute atomic E-state index is 9.35. The number of rotatable bonds is 0. The lowest BCUT2D eigenvalue weighted by Crippen LogP contribution is -2.35. The quantitative estimate of drug-likeness (QED) is 0.373. The molecule has 1 nitrogen and oxygen atoms in total. The summed E-state index contributed by atoms with van der Waals surface area (Å²) in [5, 5.41) is 9.35. The second kappa shape index (κ2) is 13.9. The molecular formula is C32H70O. The van der Waals surface area contributed by atoms with Gasteiger partial charge in [0.25, 0.3) is 0 Å². The largest absolute Gasteiger partial charge is 0.390 e. The molecule has 0 radical (unpaired) electrons. The maximum Gasteiger partial charge on any atom is 0.0639 e. The van der Waals surface area contributed by atoms with Crippen molar-refractivity contribution in [2.24, 2.45) is 38.9 Å². The maximum atomic E-state index is 9.35. The van der Waals surface area contributed by atoms with E-state index in [2.05, 4.69) is 96.9 Å². The predicted octanol–water partition coefficient (Wildman–Crippen LogP) is 11.2. The van der Waals surface area contributed by atoms with Crippen LogP contribution in [-0.4, -0.2) is 10.7 Å². The Morgan fingerprint density at radius 3 is 0.848 bits per heavy atom. The molecule has 0 aromatic rings. The van der Waals surface area contributed by atoms with E-state index in [9.17, 15) is 5.11 Å². The van der Waals surface area contributed by atoms with Crippen molar-refractivity contribution in [3.05, 3.63) is 0 Å². The van der Waals surface area contributed by atoms with Crippen LogP contribution in [0.15, 0.2) is 0 Å². The standard InChI is InChI=1S/C10H20.C8H18.C7H16O.C7H16/c1-10(2,3)9-7-5-4-6-8-9;1-7(2,3)8(4,5)6;1-6(2,3)7(4,5)8;1-6(2)7(3,4)5/h9H,4-8H2,1-3H3;1-6H3;8H,1-5H3;6H,1-5H3. The van der Waals surface area contributed by atoms with E-state index in [1.807, 2.05) is 34.6 Å². The van der Waals surface area contributed by atoms with Crippen molar-refractivity contribution in [2.75, 3.05) is 0 Å². The number of hydrogen-bond acceptors (Lipinski definition) is 1. The summed E-state index contributed by atoms with van der Waals surface area (Å²) in [5.41, 5.74) is 1.38. The minimum atomic E-state index is -0.562. The van der Waals surface area contributed by atoms with Crippen LogP contribution in [0.2, 0.25) is 0 Å². The third-order valence-electron chi connectivity index (χ3n) is 8.65. The summed E-state index contributed by atoms with van der Waals surface area (Å²) < 4.78 is 0. The molecule has 204 valence electrons. The van der Waals surface area contributed by atoms with Gasteiger partial charge in [-0.25, -0.2) is 0 Å². The van der Waals surface area contributed by atoms with E-state index in [1.165, 1.54) is 32.1 Å². The molecule has 0 saturated heterocycles. The number of aliphatic hydroxyl groups is 1. The Balaban J connectivity index is -0.000000368. The van der Waals surface area contributed by atoms with Gasteiger partial charge in [-0.1, -0.05) is 137 Å². The normalized spacial score (nSPS) is 16.6. The zero-order valence-corrected chi connectivity index (χ0v) is 27.1. The Hall–Kier alpha value is -0.0400. The Morgan fingerprint density at radius 1 is 0.515 bits per heavy atom. The fourth-order valence-electron chi connectivity index (χ4n) is 1.97. The molecule has 0 aromatic heterocycles. The second-order valence-electron chi connectivity index (χ2n) is 16.5. The fourth-order valence-corrected chi connectivity index (χ4v) is 1.97. The molecule has 0 heterocycles. The lowest BCUT2D eigenvalue weighted by Gasteiger charge is -2.34. The summed E-state index contributed by atoms with van der Waals surface area (Å²) in [6.07, 6.45) is 7.38. The van der Waals surface area contributed by atoms with E-state index in [4.69, 9.17) is 0 Å². The molecular weight excluding hydrogens is 400 g/mol. The molecule has 0 bridgehead atoms. The zero-order valence-electron chi connectivity index (χ0n) is 27.1. The lowest BCUT2D eigenvalue weighted by atomic mass is 9.71. The first-order valence-electron chi connectivity index (χ1n) is 13.8. The fraction of sp³-hybridized carbons (Fsp3) is 1.00. The van der Waals surface area contributed by atoms with Gasteiger partial charge < -0.3 is 5.11 Å². The summed E-state index contributed by atoms with van der Waals surface area (Å²) in [6, 6.07) is 0. The van der Waals surface area contributed by atoms with Gasteiger partial charge in [0.1, 0.15) is 0 Å². The van der Waals surface area contributed by atoms with Gasteiger partial charge >= 0.3 is 0 Å². The Kier molecular flexibility index (Phi) is 15.8. The second-order valence-corrected chi connectivity index (χ2v) is 16.5. The Labute approximate surface area is 213 Å². The van der Waals surface area contributed by atoms with Crippen molar-refractivity contribution in [1.82, 2.24) is 0 Å². The van der Waals surface area contributed by atoms with Crippen LogP contribution in [0.3, 0.4) is 0 Å². The van der Waals surface area contributed by atoms with E-state index in [0.717, 1.165) is 11.8 Å². The first-order valence-corrected chi connectivity index (χ1v) is 13.8. The van der Waals surface area contributed by atoms with Crippen LogP contribution in [0.5, 0.6) is 0 Å². The molecule has 33 heavy (non-hydrogen) atoms. The van der Waals surface area contributed by atoms with E-state index in [1.54, 1.807) is 0 Å². The molecule has 1 fully saturated rings. The number of hydrogen-bond donors (Lipinski definition) is 1. The minimum absolute atomic E-state index is 0.00694. The van der Waals surface area contributed by atoms with Crippen LogP contribution < -0.4 is 0 Å². The van der Waals surface area contributed by atoms with Gasteiger partial charge in [-0.15, -0.1) is 0 Å². The highest BCUT2D eigenvalue weighted by Gasteiger charge is 2.29. The molecule has 0 amide bonds. The van der Waals surface area contributed by atoms with Gasteiger partial charge in [-0.2, -0.15) is 0 Å². The molecule has 0 spiro atoms. The first kappa shape index (κ1) is 37.5. The highest BCUT2D eigenvalue weighted by molar-refractivity contribution is 4.81. The van der Waals surface area contributed by atoms with Crippen molar-refractivity contribution < 1.29 is 5.11 Å². The first-order chi connectivity index (χ1) is 14.0. The van der Waals surface area contributed by atoms with Crippen molar-refractivity contribution in [1.29, 1.82) is 0 Å². The summed E-state index contributed by atoms with van der Waals surface area (Å²) in [6.45, 7) is 41.8. The van der Waals surface area contributed by atoms with Crippen LogP contribution in [0.1, 0.15) is 164 Å². The molecule has 0 aliphatic heterocycles. The highest BCUT2D eigenvalue weighted by atomic mass is 16.3. The van der Waals surface area contributed by atoms with Gasteiger partial charge in [-0.3, -0.25) is 0 Å². The Bertz CT molecular complexity index is 416.